The van der Waals surface area contributed by atoms with Crippen molar-refractivity contribution in [1.82, 2.24) is 5.43 Å². The number of methoxy groups -OCH3 is 1. The lowest BCUT2D eigenvalue weighted by atomic mass is 10.2. The fraction of sp³-hybridized carbons (Fsp3) is 0.235. The van der Waals surface area contributed by atoms with Gasteiger partial charge in [0.2, 0.25) is 0 Å². The van der Waals surface area contributed by atoms with Crippen LogP contribution in [-0.4, -0.2) is 19.9 Å². The standard InChI is InChI=1S/C17H19ClN2O2/c1-3-22-16-9-8-13(10-17(16)21-2)11-19-20-12-14-6-4-5-7-15(14)18/h4-11,20H,3,12H2,1-2H3/b19-11-. The van der Waals surface area contributed by atoms with Gasteiger partial charge in [0, 0.05) is 5.02 Å². The molecule has 0 heterocycles. The van der Waals surface area contributed by atoms with Gasteiger partial charge in [-0.05, 0) is 42.3 Å². The lowest BCUT2D eigenvalue weighted by Crippen LogP contribution is -2.06. The van der Waals surface area contributed by atoms with Crippen molar-refractivity contribution in [3.05, 3.63) is 58.6 Å². The van der Waals surface area contributed by atoms with Crippen LogP contribution < -0.4 is 14.9 Å². The average Bonchev–Trinajstić information content (AvgIpc) is 2.54. The predicted octanol–water partition coefficient (Wildman–Crippen LogP) is 3.87. The Morgan fingerprint density at radius 2 is 2.00 bits per heavy atom. The van der Waals surface area contributed by atoms with E-state index in [4.69, 9.17) is 21.1 Å². The van der Waals surface area contributed by atoms with Crippen LogP contribution in [0.5, 0.6) is 11.5 Å². The third kappa shape index (κ3) is 4.40. The smallest absolute Gasteiger partial charge is 0.161 e. The number of rotatable bonds is 7. The molecule has 0 bridgehead atoms. The zero-order valence-electron chi connectivity index (χ0n) is 12.7. The Kier molecular flexibility index (Phi) is 6.10. The SMILES string of the molecule is CCOc1ccc(/C=N\NCc2ccccc2Cl)cc1OC. The second-order valence-electron chi connectivity index (χ2n) is 4.53. The second-order valence-corrected chi connectivity index (χ2v) is 4.94. The molecule has 0 atom stereocenters. The molecule has 0 amide bonds. The monoisotopic (exact) mass is 318 g/mol. The Balaban J connectivity index is 1.97. The maximum atomic E-state index is 6.08. The molecule has 0 spiro atoms. The highest BCUT2D eigenvalue weighted by molar-refractivity contribution is 6.31. The fourth-order valence-corrected chi connectivity index (χ4v) is 2.13. The molecule has 0 aromatic heterocycles. The lowest BCUT2D eigenvalue weighted by Gasteiger charge is -2.09. The van der Waals surface area contributed by atoms with Crippen LogP contribution in [0.2, 0.25) is 5.02 Å². The molecular weight excluding hydrogens is 300 g/mol. The van der Waals surface area contributed by atoms with Gasteiger partial charge in [0.1, 0.15) is 0 Å². The molecule has 2 aromatic rings. The molecule has 2 rings (SSSR count). The molecular formula is C17H19ClN2O2. The maximum Gasteiger partial charge on any atom is 0.161 e. The first-order chi connectivity index (χ1) is 10.7. The summed E-state index contributed by atoms with van der Waals surface area (Å²) in [6, 6.07) is 13.4. The molecule has 0 saturated heterocycles. The summed E-state index contributed by atoms with van der Waals surface area (Å²) in [4.78, 5) is 0. The van der Waals surface area contributed by atoms with Gasteiger partial charge < -0.3 is 14.9 Å². The highest BCUT2D eigenvalue weighted by Gasteiger charge is 2.04. The molecule has 116 valence electrons. The van der Waals surface area contributed by atoms with Gasteiger partial charge in [-0.1, -0.05) is 29.8 Å². The van der Waals surface area contributed by atoms with E-state index in [-0.39, 0.29) is 0 Å². The van der Waals surface area contributed by atoms with E-state index in [1.165, 1.54) is 0 Å². The lowest BCUT2D eigenvalue weighted by molar-refractivity contribution is 0.311. The quantitative estimate of drug-likeness (QED) is 0.622. The number of hydrazone groups is 1. The third-order valence-corrected chi connectivity index (χ3v) is 3.39. The fourth-order valence-electron chi connectivity index (χ4n) is 1.93. The van der Waals surface area contributed by atoms with Gasteiger partial charge in [0.15, 0.2) is 11.5 Å². The minimum atomic E-state index is 0.574. The Bertz CT molecular complexity index is 644. The zero-order valence-corrected chi connectivity index (χ0v) is 13.4. The van der Waals surface area contributed by atoms with Crippen LogP contribution in [0.4, 0.5) is 0 Å². The van der Waals surface area contributed by atoms with Gasteiger partial charge >= 0.3 is 0 Å². The molecule has 22 heavy (non-hydrogen) atoms. The van der Waals surface area contributed by atoms with Crippen LogP contribution in [-0.2, 0) is 6.54 Å². The van der Waals surface area contributed by atoms with E-state index in [0.717, 1.165) is 21.9 Å². The van der Waals surface area contributed by atoms with Gasteiger partial charge in [0.25, 0.3) is 0 Å². The van der Waals surface area contributed by atoms with Crippen molar-refractivity contribution in [2.24, 2.45) is 5.10 Å². The molecule has 5 heteroatoms. The Hall–Kier alpha value is -2.20. The van der Waals surface area contributed by atoms with E-state index in [1.807, 2.05) is 49.4 Å². The largest absolute Gasteiger partial charge is 0.493 e. The van der Waals surface area contributed by atoms with E-state index in [1.54, 1.807) is 13.3 Å². The molecule has 0 aliphatic rings. The van der Waals surface area contributed by atoms with Crippen LogP contribution in [0.1, 0.15) is 18.1 Å². The second kappa shape index (κ2) is 8.29. The number of benzene rings is 2. The van der Waals surface area contributed by atoms with Gasteiger partial charge in [0.05, 0.1) is 26.5 Å². The van der Waals surface area contributed by atoms with Crippen molar-refractivity contribution in [2.75, 3.05) is 13.7 Å². The molecule has 2 aromatic carbocycles. The predicted molar refractivity (Wildman–Crippen MR) is 90.0 cm³/mol. The molecule has 0 fully saturated rings. The number of halogens is 1. The van der Waals surface area contributed by atoms with Gasteiger partial charge in [-0.15, -0.1) is 0 Å². The molecule has 0 radical (unpaired) electrons. The van der Waals surface area contributed by atoms with Gasteiger partial charge in [-0.3, -0.25) is 0 Å². The van der Waals surface area contributed by atoms with Gasteiger partial charge in [-0.2, -0.15) is 5.10 Å². The summed E-state index contributed by atoms with van der Waals surface area (Å²) < 4.78 is 10.8. The number of hydrogen-bond donors (Lipinski definition) is 1. The summed E-state index contributed by atoms with van der Waals surface area (Å²) in [7, 11) is 1.62. The highest BCUT2D eigenvalue weighted by atomic mass is 35.5. The summed E-state index contributed by atoms with van der Waals surface area (Å²) in [6.07, 6.45) is 1.73. The number of nitrogens with one attached hydrogen (secondary N) is 1. The van der Waals surface area contributed by atoms with E-state index in [0.29, 0.717) is 18.9 Å². The molecule has 1 N–H and O–H groups in total. The zero-order chi connectivity index (χ0) is 15.8. The summed E-state index contributed by atoms with van der Waals surface area (Å²) in [6.45, 7) is 3.11. The third-order valence-electron chi connectivity index (χ3n) is 3.02. The summed E-state index contributed by atoms with van der Waals surface area (Å²) in [5, 5.41) is 4.93. The van der Waals surface area contributed by atoms with Crippen LogP contribution in [0.15, 0.2) is 47.6 Å². The van der Waals surface area contributed by atoms with Crippen molar-refractivity contribution in [3.63, 3.8) is 0 Å². The molecule has 0 unspecified atom stereocenters. The summed E-state index contributed by atoms with van der Waals surface area (Å²) in [5.74, 6) is 1.42. The minimum absolute atomic E-state index is 0.574. The van der Waals surface area contributed by atoms with Crippen molar-refractivity contribution in [2.45, 2.75) is 13.5 Å². The van der Waals surface area contributed by atoms with Crippen LogP contribution in [0, 0.1) is 0 Å². The number of hydrogen-bond acceptors (Lipinski definition) is 4. The van der Waals surface area contributed by atoms with E-state index in [2.05, 4.69) is 10.5 Å². The van der Waals surface area contributed by atoms with Crippen molar-refractivity contribution < 1.29 is 9.47 Å². The van der Waals surface area contributed by atoms with Crippen molar-refractivity contribution in [3.8, 4) is 11.5 Å². The summed E-state index contributed by atoms with van der Waals surface area (Å²) >= 11 is 6.08. The molecule has 0 aliphatic carbocycles. The maximum absolute atomic E-state index is 6.08. The van der Waals surface area contributed by atoms with Crippen molar-refractivity contribution >= 4 is 17.8 Å². The normalized spacial score (nSPS) is 10.7. The Morgan fingerprint density at radius 1 is 1.18 bits per heavy atom. The summed E-state index contributed by atoms with van der Waals surface area (Å²) in [5.41, 5.74) is 4.91. The van der Waals surface area contributed by atoms with E-state index < -0.39 is 0 Å². The number of ether oxygens (including phenoxy) is 2. The average molecular weight is 319 g/mol. The van der Waals surface area contributed by atoms with E-state index >= 15 is 0 Å². The van der Waals surface area contributed by atoms with E-state index in [9.17, 15) is 0 Å². The highest BCUT2D eigenvalue weighted by Crippen LogP contribution is 2.27. The van der Waals surface area contributed by atoms with Crippen LogP contribution >= 0.6 is 11.6 Å². The molecule has 0 saturated carbocycles. The first-order valence-corrected chi connectivity index (χ1v) is 7.42. The Morgan fingerprint density at radius 3 is 2.73 bits per heavy atom. The van der Waals surface area contributed by atoms with Crippen molar-refractivity contribution in [1.29, 1.82) is 0 Å². The Labute approximate surface area is 135 Å². The first-order valence-electron chi connectivity index (χ1n) is 7.04. The topological polar surface area (TPSA) is 42.8 Å². The first kappa shape index (κ1) is 16.2. The van der Waals surface area contributed by atoms with Crippen LogP contribution in [0.3, 0.4) is 0 Å². The minimum Gasteiger partial charge on any atom is -0.493 e. The van der Waals surface area contributed by atoms with Gasteiger partial charge in [-0.25, -0.2) is 0 Å². The molecule has 4 nitrogen and oxygen atoms in total. The molecule has 0 aliphatic heterocycles. The number of nitrogens with zero attached hydrogens (tertiary/aromatic N) is 1. The van der Waals surface area contributed by atoms with Crippen LogP contribution in [0.25, 0.3) is 0 Å².